The molecule has 5 heteroatoms. The van der Waals surface area contributed by atoms with Crippen LogP contribution in [-0.2, 0) is 16.8 Å². The van der Waals surface area contributed by atoms with Crippen LogP contribution in [0.25, 0.3) is 0 Å². The fraction of sp³-hybridized carbons (Fsp3) is 0.300. The van der Waals surface area contributed by atoms with Gasteiger partial charge in [0.25, 0.3) is 5.91 Å². The van der Waals surface area contributed by atoms with Gasteiger partial charge in [0.15, 0.2) is 11.5 Å². The van der Waals surface area contributed by atoms with Crippen molar-refractivity contribution in [2.45, 2.75) is 30.9 Å². The molecule has 4 rings (SSSR count). The smallest absolute Gasteiger partial charge is 0.261 e. The van der Waals surface area contributed by atoms with E-state index in [1.807, 2.05) is 49.4 Å². The molecule has 128 valence electrons. The molecule has 2 N–H and O–H groups in total. The summed E-state index contributed by atoms with van der Waals surface area (Å²) in [6.45, 7) is 2.04. The van der Waals surface area contributed by atoms with E-state index in [0.29, 0.717) is 18.6 Å². The molecule has 2 aromatic carbocycles. The Labute approximate surface area is 147 Å². The van der Waals surface area contributed by atoms with Gasteiger partial charge >= 0.3 is 0 Å². The minimum atomic E-state index is -1.00. The number of ether oxygens (including phenoxy) is 1. The molecule has 2 atom stereocenters. The zero-order chi connectivity index (χ0) is 17.7. The first-order valence-corrected chi connectivity index (χ1v) is 8.39. The van der Waals surface area contributed by atoms with Crippen molar-refractivity contribution >= 4 is 11.9 Å². The van der Waals surface area contributed by atoms with Crippen LogP contribution in [0.2, 0.25) is 0 Å². The molecule has 2 heterocycles. The van der Waals surface area contributed by atoms with Gasteiger partial charge in [-0.25, -0.2) is 4.99 Å². The lowest BCUT2D eigenvalue weighted by molar-refractivity contribution is -0.133. The highest BCUT2D eigenvalue weighted by Crippen LogP contribution is 2.49. The van der Waals surface area contributed by atoms with Crippen molar-refractivity contribution in [1.82, 2.24) is 4.90 Å². The summed E-state index contributed by atoms with van der Waals surface area (Å²) in [7, 11) is 1.67. The van der Waals surface area contributed by atoms with E-state index >= 15 is 0 Å². The molecule has 0 saturated carbocycles. The predicted molar refractivity (Wildman–Crippen MR) is 96.3 cm³/mol. The first-order chi connectivity index (χ1) is 11.9. The van der Waals surface area contributed by atoms with Crippen LogP contribution in [0.1, 0.15) is 24.5 Å². The Balaban J connectivity index is 1.82. The number of carbonyl (C=O) groups excluding carboxylic acids is 1. The molecule has 0 radical (unpaired) electrons. The molecule has 1 spiro atoms. The fourth-order valence-corrected chi connectivity index (χ4v) is 3.95. The van der Waals surface area contributed by atoms with Crippen molar-refractivity contribution in [1.29, 1.82) is 0 Å². The number of rotatable bonds is 2. The van der Waals surface area contributed by atoms with Gasteiger partial charge < -0.3 is 10.5 Å². The molecule has 0 aliphatic carbocycles. The highest BCUT2D eigenvalue weighted by Gasteiger charge is 2.56. The Morgan fingerprint density at radius 2 is 1.84 bits per heavy atom. The van der Waals surface area contributed by atoms with Gasteiger partial charge in [-0.2, -0.15) is 0 Å². The van der Waals surface area contributed by atoms with Crippen molar-refractivity contribution in [3.63, 3.8) is 0 Å². The number of nitrogens with two attached hydrogens (primary N) is 1. The van der Waals surface area contributed by atoms with Crippen molar-refractivity contribution < 1.29 is 9.53 Å². The highest BCUT2D eigenvalue weighted by atomic mass is 16.5. The Morgan fingerprint density at radius 3 is 2.52 bits per heavy atom. The Bertz CT molecular complexity index is 864. The van der Waals surface area contributed by atoms with Crippen molar-refractivity contribution in [3.8, 4) is 5.75 Å². The molecule has 0 bridgehead atoms. The zero-order valence-corrected chi connectivity index (χ0v) is 14.4. The van der Waals surface area contributed by atoms with Crippen LogP contribution in [-0.4, -0.2) is 29.4 Å². The third-order valence-corrected chi connectivity index (χ3v) is 5.05. The van der Waals surface area contributed by atoms with E-state index < -0.39 is 11.1 Å². The first kappa shape index (κ1) is 15.7. The molecule has 0 saturated heterocycles. The maximum absolute atomic E-state index is 13.1. The summed E-state index contributed by atoms with van der Waals surface area (Å²) in [5, 5.41) is 0. The third kappa shape index (κ3) is 2.38. The van der Waals surface area contributed by atoms with Gasteiger partial charge in [0.1, 0.15) is 11.4 Å². The number of nitrogens with zero attached hydrogens (tertiary/aromatic N) is 2. The minimum Gasteiger partial charge on any atom is -0.487 e. The molecule has 0 fully saturated rings. The summed E-state index contributed by atoms with van der Waals surface area (Å²) < 4.78 is 6.35. The second kappa shape index (κ2) is 5.34. The summed E-state index contributed by atoms with van der Waals surface area (Å²) in [5.74, 6) is 0.858. The number of hydrogen-bond donors (Lipinski definition) is 1. The second-order valence-corrected chi connectivity index (χ2v) is 7.08. The lowest BCUT2D eigenvalue weighted by atomic mass is 9.75. The number of amides is 1. The molecule has 2 aromatic rings. The maximum atomic E-state index is 13.1. The summed E-state index contributed by atoms with van der Waals surface area (Å²) in [4.78, 5) is 19.1. The van der Waals surface area contributed by atoms with Gasteiger partial charge in [-0.3, -0.25) is 9.69 Å². The van der Waals surface area contributed by atoms with E-state index in [-0.39, 0.29) is 11.9 Å². The average molecular weight is 335 g/mol. The lowest BCUT2D eigenvalue weighted by Crippen LogP contribution is -2.51. The van der Waals surface area contributed by atoms with Crippen molar-refractivity contribution in [2.24, 2.45) is 10.7 Å². The minimum absolute atomic E-state index is 0.0972. The van der Waals surface area contributed by atoms with Crippen LogP contribution in [0.5, 0.6) is 5.75 Å². The van der Waals surface area contributed by atoms with Crippen LogP contribution in [0.3, 0.4) is 0 Å². The number of fused-ring (bicyclic) bond motifs is 2. The number of aliphatic imine (C=N–C) groups is 1. The molecule has 5 nitrogen and oxygen atoms in total. The van der Waals surface area contributed by atoms with Crippen LogP contribution in [0, 0.1) is 0 Å². The molecule has 1 amide bonds. The molecule has 0 aromatic heterocycles. The summed E-state index contributed by atoms with van der Waals surface area (Å²) >= 11 is 0. The third-order valence-electron chi connectivity index (χ3n) is 5.05. The quantitative estimate of drug-likeness (QED) is 0.916. The van der Waals surface area contributed by atoms with Gasteiger partial charge in [-0.1, -0.05) is 48.5 Å². The lowest BCUT2D eigenvalue weighted by Gasteiger charge is -2.43. The molecule has 2 aliphatic rings. The van der Waals surface area contributed by atoms with Crippen molar-refractivity contribution in [2.75, 3.05) is 7.05 Å². The van der Waals surface area contributed by atoms with Crippen LogP contribution in [0.4, 0.5) is 0 Å². The van der Waals surface area contributed by atoms with E-state index in [9.17, 15) is 4.79 Å². The van der Waals surface area contributed by atoms with Crippen molar-refractivity contribution in [3.05, 3.63) is 65.7 Å². The maximum Gasteiger partial charge on any atom is 0.261 e. The second-order valence-electron chi connectivity index (χ2n) is 7.08. The molecule has 25 heavy (non-hydrogen) atoms. The van der Waals surface area contributed by atoms with Crippen LogP contribution >= 0.6 is 0 Å². The van der Waals surface area contributed by atoms with E-state index in [1.54, 1.807) is 7.05 Å². The zero-order valence-electron chi connectivity index (χ0n) is 14.4. The summed E-state index contributed by atoms with van der Waals surface area (Å²) in [6.07, 6.45) is 1.14. The number of para-hydroxylation sites is 1. The van der Waals surface area contributed by atoms with Gasteiger partial charge in [-0.05, 0) is 18.6 Å². The Morgan fingerprint density at radius 1 is 1.16 bits per heavy atom. The standard InChI is InChI=1S/C20H21N3O2/c1-19(12-14-8-4-3-5-9-14)13-20(17(24)23(2)18(21)22-20)15-10-6-7-11-16(15)25-19/h3-11H,12-13H2,1-2H3,(H2,21,22)/t19-,20?/m1/s1. The van der Waals surface area contributed by atoms with Gasteiger partial charge in [0.2, 0.25) is 0 Å². The Kier molecular flexibility index (Phi) is 3.35. The topological polar surface area (TPSA) is 67.9 Å². The number of likely N-dealkylation sites (N-methyl/N-ethyl adjacent to an activating group) is 1. The summed E-state index contributed by atoms with van der Waals surface area (Å²) in [5.41, 5.74) is 6.38. The average Bonchev–Trinajstić information content (AvgIpc) is 2.80. The van der Waals surface area contributed by atoms with Gasteiger partial charge in [0.05, 0.1) is 0 Å². The normalized spacial score (nSPS) is 27.8. The molecule has 1 unspecified atom stereocenters. The van der Waals surface area contributed by atoms with Gasteiger partial charge in [0, 0.05) is 25.5 Å². The number of hydrogen-bond acceptors (Lipinski definition) is 4. The van der Waals surface area contributed by atoms with Crippen LogP contribution < -0.4 is 10.5 Å². The fourth-order valence-electron chi connectivity index (χ4n) is 3.95. The molecular formula is C20H21N3O2. The van der Waals surface area contributed by atoms with Crippen LogP contribution in [0.15, 0.2) is 59.6 Å². The number of guanidine groups is 1. The number of carbonyl (C=O) groups is 1. The van der Waals surface area contributed by atoms with E-state index in [1.165, 1.54) is 4.90 Å². The van der Waals surface area contributed by atoms with E-state index in [2.05, 4.69) is 17.1 Å². The first-order valence-electron chi connectivity index (χ1n) is 8.39. The van der Waals surface area contributed by atoms with Gasteiger partial charge in [-0.15, -0.1) is 0 Å². The predicted octanol–water partition coefficient (Wildman–Crippen LogP) is 2.45. The summed E-state index contributed by atoms with van der Waals surface area (Å²) in [6, 6.07) is 17.8. The molecule has 2 aliphatic heterocycles. The monoisotopic (exact) mass is 335 g/mol. The largest absolute Gasteiger partial charge is 0.487 e. The molecular weight excluding hydrogens is 314 g/mol. The highest BCUT2D eigenvalue weighted by molar-refractivity contribution is 6.07. The number of benzene rings is 2. The SMILES string of the molecule is CN1C(=O)C2(C[C@@](C)(Cc3ccccc3)Oc3ccccc32)N=C1N. The van der Waals surface area contributed by atoms with E-state index in [4.69, 9.17) is 10.5 Å². The Hall–Kier alpha value is -2.82. The van der Waals surface area contributed by atoms with E-state index in [0.717, 1.165) is 11.1 Å².